The molecule has 9 heteroatoms. The van der Waals surface area contributed by atoms with Crippen molar-refractivity contribution < 1.29 is 17.9 Å². The smallest absolute Gasteiger partial charge is 0.316 e. The highest BCUT2D eigenvalue weighted by molar-refractivity contribution is 5.37. The Morgan fingerprint density at radius 2 is 1.96 bits per heavy atom. The van der Waals surface area contributed by atoms with Gasteiger partial charge < -0.3 is 4.74 Å². The molecule has 0 spiro atoms. The molecule has 0 aliphatic rings. The van der Waals surface area contributed by atoms with Gasteiger partial charge in [-0.3, -0.25) is 0 Å². The summed E-state index contributed by atoms with van der Waals surface area (Å²) >= 11 is 0. The Kier molecular flexibility index (Phi) is 4.41. The number of hydrogen-bond donors (Lipinski definition) is 0. The van der Waals surface area contributed by atoms with Crippen molar-refractivity contribution in [1.82, 2.24) is 25.0 Å². The number of ether oxygens (including phenoxy) is 1. The van der Waals surface area contributed by atoms with E-state index in [4.69, 9.17) is 4.74 Å². The molecular weight excluding hydrogens is 323 g/mol. The van der Waals surface area contributed by atoms with Crippen LogP contribution in [0.1, 0.15) is 23.2 Å². The minimum atomic E-state index is -2.91. The Balaban J connectivity index is 1.76. The van der Waals surface area contributed by atoms with Crippen LogP contribution in [0, 0.1) is 12.7 Å². The predicted octanol–water partition coefficient (Wildman–Crippen LogP) is 3.02. The van der Waals surface area contributed by atoms with Gasteiger partial charge in [-0.15, -0.1) is 5.10 Å². The van der Waals surface area contributed by atoms with Gasteiger partial charge in [0.05, 0.1) is 11.8 Å². The number of nitrogens with zero attached hydrogens (tertiary/aromatic N) is 5. The normalized spacial score (nSPS) is 11.0. The summed E-state index contributed by atoms with van der Waals surface area (Å²) in [6.07, 6.45) is 1.69. The van der Waals surface area contributed by atoms with Crippen LogP contribution in [0.25, 0.3) is 5.69 Å². The third-order valence-electron chi connectivity index (χ3n) is 3.14. The number of alkyl halides is 2. The largest absolute Gasteiger partial charge is 0.457 e. The molecule has 0 atom stereocenters. The molecule has 1 aromatic carbocycles. The molecule has 0 unspecified atom stereocenters. The zero-order valence-electron chi connectivity index (χ0n) is 12.5. The van der Waals surface area contributed by atoms with Crippen LogP contribution < -0.4 is 4.74 Å². The minimum Gasteiger partial charge on any atom is -0.457 e. The van der Waals surface area contributed by atoms with Crippen LogP contribution in [0.5, 0.6) is 6.01 Å². The number of rotatable bonds is 5. The highest BCUT2D eigenvalue weighted by Gasteiger charge is 2.18. The Morgan fingerprint density at radius 3 is 2.67 bits per heavy atom. The Bertz CT molecular complexity index is 835. The summed E-state index contributed by atoms with van der Waals surface area (Å²) in [7, 11) is 0. The quantitative estimate of drug-likeness (QED) is 0.717. The first-order chi connectivity index (χ1) is 11.5. The second kappa shape index (κ2) is 6.65. The average molecular weight is 335 g/mol. The number of benzene rings is 1. The molecule has 124 valence electrons. The first kappa shape index (κ1) is 15.9. The van der Waals surface area contributed by atoms with Crippen LogP contribution >= 0.6 is 0 Å². The van der Waals surface area contributed by atoms with E-state index in [9.17, 15) is 13.2 Å². The molecule has 2 aromatic heterocycles. The van der Waals surface area contributed by atoms with Gasteiger partial charge in [0, 0.05) is 12.4 Å². The molecule has 2 heterocycles. The second-order valence-electron chi connectivity index (χ2n) is 4.97. The molecule has 3 aromatic rings. The molecule has 0 amide bonds. The van der Waals surface area contributed by atoms with E-state index in [1.165, 1.54) is 18.3 Å². The van der Waals surface area contributed by atoms with Gasteiger partial charge in [0.2, 0.25) is 0 Å². The zero-order valence-corrected chi connectivity index (χ0v) is 12.5. The lowest BCUT2D eigenvalue weighted by atomic mass is 10.2. The molecule has 3 rings (SSSR count). The summed E-state index contributed by atoms with van der Waals surface area (Å²) in [6, 6.07) is 3.86. The van der Waals surface area contributed by atoms with Gasteiger partial charge in [0.1, 0.15) is 18.0 Å². The second-order valence-corrected chi connectivity index (χ2v) is 4.97. The van der Waals surface area contributed by atoms with E-state index >= 15 is 0 Å². The fraction of sp³-hybridized carbons (Fsp3) is 0.200. The maximum atomic E-state index is 14.1. The number of hydrogen-bond acceptors (Lipinski definition) is 5. The first-order valence-electron chi connectivity index (χ1n) is 6.94. The zero-order chi connectivity index (χ0) is 17.1. The molecule has 0 fully saturated rings. The Hall–Kier alpha value is -2.97. The summed E-state index contributed by atoms with van der Waals surface area (Å²) in [4.78, 5) is 7.94. The van der Waals surface area contributed by atoms with Crippen molar-refractivity contribution in [2.75, 3.05) is 0 Å². The third-order valence-corrected chi connectivity index (χ3v) is 3.14. The predicted molar refractivity (Wildman–Crippen MR) is 77.4 cm³/mol. The SMILES string of the molecule is Cc1cnc(OCc2cn(-c3cccc(C(F)F)c3F)nn2)nc1. The van der Waals surface area contributed by atoms with Gasteiger partial charge in [-0.2, -0.15) is 0 Å². The van der Waals surface area contributed by atoms with Gasteiger partial charge in [0.15, 0.2) is 5.82 Å². The van der Waals surface area contributed by atoms with Crippen LogP contribution in [0.3, 0.4) is 0 Å². The van der Waals surface area contributed by atoms with Crippen molar-refractivity contribution in [3.8, 4) is 11.7 Å². The van der Waals surface area contributed by atoms with E-state index in [0.717, 1.165) is 16.3 Å². The lowest BCUT2D eigenvalue weighted by molar-refractivity contribution is 0.146. The van der Waals surface area contributed by atoms with Crippen molar-refractivity contribution in [2.45, 2.75) is 20.0 Å². The maximum absolute atomic E-state index is 14.1. The first-order valence-corrected chi connectivity index (χ1v) is 6.94. The van der Waals surface area contributed by atoms with E-state index in [0.29, 0.717) is 5.69 Å². The molecule has 0 N–H and O–H groups in total. The van der Waals surface area contributed by atoms with Gasteiger partial charge >= 0.3 is 6.01 Å². The fourth-order valence-corrected chi connectivity index (χ4v) is 1.96. The van der Waals surface area contributed by atoms with E-state index in [1.807, 2.05) is 6.92 Å². The van der Waals surface area contributed by atoms with Gasteiger partial charge in [-0.1, -0.05) is 17.3 Å². The van der Waals surface area contributed by atoms with Crippen LogP contribution in [-0.2, 0) is 6.61 Å². The van der Waals surface area contributed by atoms with Crippen LogP contribution in [0.2, 0.25) is 0 Å². The molecule has 0 aliphatic carbocycles. The Morgan fingerprint density at radius 1 is 1.21 bits per heavy atom. The van der Waals surface area contributed by atoms with Crippen molar-refractivity contribution >= 4 is 0 Å². The summed E-state index contributed by atoms with van der Waals surface area (Å²) in [5.74, 6) is -1.04. The van der Waals surface area contributed by atoms with Crippen molar-refractivity contribution in [3.63, 3.8) is 0 Å². The monoisotopic (exact) mass is 335 g/mol. The average Bonchev–Trinajstić information content (AvgIpc) is 3.03. The van der Waals surface area contributed by atoms with Crippen molar-refractivity contribution in [1.29, 1.82) is 0 Å². The molecule has 0 bridgehead atoms. The number of aryl methyl sites for hydroxylation is 1. The molecule has 0 radical (unpaired) electrons. The van der Waals surface area contributed by atoms with Crippen LogP contribution in [0.4, 0.5) is 13.2 Å². The summed E-state index contributed by atoms with van der Waals surface area (Å²) in [5, 5.41) is 7.55. The van der Waals surface area contributed by atoms with Crippen molar-refractivity contribution in [3.05, 3.63) is 59.4 Å². The van der Waals surface area contributed by atoms with E-state index in [2.05, 4.69) is 20.3 Å². The molecule has 0 saturated carbocycles. The maximum Gasteiger partial charge on any atom is 0.316 e. The van der Waals surface area contributed by atoms with E-state index < -0.39 is 17.8 Å². The van der Waals surface area contributed by atoms with E-state index in [1.54, 1.807) is 12.4 Å². The Labute approximate surface area is 134 Å². The highest BCUT2D eigenvalue weighted by atomic mass is 19.3. The lowest BCUT2D eigenvalue weighted by Gasteiger charge is -2.06. The molecule has 24 heavy (non-hydrogen) atoms. The standard InChI is InChI=1S/C15H12F3N5O/c1-9-5-19-15(20-6-9)24-8-10-7-23(22-21-10)12-4-2-3-11(13(12)16)14(17)18/h2-7,14H,8H2,1H3. The van der Waals surface area contributed by atoms with Gasteiger partial charge in [-0.05, 0) is 18.6 Å². The fourth-order valence-electron chi connectivity index (χ4n) is 1.96. The van der Waals surface area contributed by atoms with Gasteiger partial charge in [-0.25, -0.2) is 27.8 Å². The summed E-state index contributed by atoms with van der Waals surface area (Å²) in [5.41, 5.74) is 0.468. The summed E-state index contributed by atoms with van der Waals surface area (Å²) < 4.78 is 46.0. The van der Waals surface area contributed by atoms with Gasteiger partial charge in [0.25, 0.3) is 6.43 Å². The number of halogens is 3. The van der Waals surface area contributed by atoms with Crippen LogP contribution in [0.15, 0.2) is 36.8 Å². The molecule has 0 aliphatic heterocycles. The topological polar surface area (TPSA) is 65.7 Å². The number of aromatic nitrogens is 5. The van der Waals surface area contributed by atoms with Crippen molar-refractivity contribution in [2.24, 2.45) is 0 Å². The molecule has 6 nitrogen and oxygen atoms in total. The van der Waals surface area contributed by atoms with E-state index in [-0.39, 0.29) is 18.3 Å². The lowest BCUT2D eigenvalue weighted by Crippen LogP contribution is -2.02. The third kappa shape index (κ3) is 3.34. The highest BCUT2D eigenvalue weighted by Crippen LogP contribution is 2.25. The molecular formula is C15H12F3N5O. The minimum absolute atomic E-state index is 0.0131. The molecule has 0 saturated heterocycles. The summed E-state index contributed by atoms with van der Waals surface area (Å²) in [6.45, 7) is 1.86. The van der Waals surface area contributed by atoms with Crippen LogP contribution in [-0.4, -0.2) is 25.0 Å².